The number of benzene rings is 4. The number of nitrogens with one attached hydrogen (secondary N) is 4. The zero-order valence-electron chi connectivity index (χ0n) is 26.2. The van der Waals surface area contributed by atoms with Gasteiger partial charge in [0.2, 0.25) is 0 Å². The Labute approximate surface area is 275 Å². The monoisotopic (exact) mass is 648 g/mol. The van der Waals surface area contributed by atoms with Crippen molar-refractivity contribution in [3.05, 3.63) is 141 Å². The van der Waals surface area contributed by atoms with Crippen LogP contribution in [0.3, 0.4) is 0 Å². The highest BCUT2D eigenvalue weighted by Crippen LogP contribution is 2.16. The van der Waals surface area contributed by atoms with E-state index >= 15 is 0 Å². The third kappa shape index (κ3) is 8.10. The van der Waals surface area contributed by atoms with E-state index in [1.807, 2.05) is 0 Å². The van der Waals surface area contributed by atoms with E-state index in [9.17, 15) is 28.8 Å². The molecule has 0 saturated heterocycles. The van der Waals surface area contributed by atoms with E-state index < -0.39 is 35.6 Å². The van der Waals surface area contributed by atoms with Gasteiger partial charge in [0.25, 0.3) is 23.6 Å². The van der Waals surface area contributed by atoms with Gasteiger partial charge in [0, 0.05) is 48.4 Å². The Morgan fingerprint density at radius 2 is 0.667 bits per heavy atom. The van der Waals surface area contributed by atoms with Crippen molar-refractivity contribution in [1.29, 1.82) is 0 Å². The lowest BCUT2D eigenvalue weighted by Crippen LogP contribution is -2.27. The summed E-state index contributed by atoms with van der Waals surface area (Å²) in [6.45, 7) is 0.598. The molecule has 4 N–H and O–H groups in total. The van der Waals surface area contributed by atoms with E-state index in [-0.39, 0.29) is 59.6 Å². The Balaban J connectivity index is 1.44. The van der Waals surface area contributed by atoms with Gasteiger partial charge in [-0.25, -0.2) is 9.59 Å². The molecule has 0 spiro atoms. The summed E-state index contributed by atoms with van der Waals surface area (Å²) >= 11 is 0. The molecule has 4 aliphatic heterocycles. The fraction of sp³-hybridized carbons (Fsp3) is 0.167. The van der Waals surface area contributed by atoms with Crippen LogP contribution < -0.4 is 21.3 Å². The molecule has 12 heteroatoms. The first-order valence-electron chi connectivity index (χ1n) is 14.9. The van der Waals surface area contributed by atoms with E-state index in [0.717, 1.165) is 22.3 Å². The van der Waals surface area contributed by atoms with Crippen LogP contribution in [0.5, 0.6) is 0 Å². The van der Waals surface area contributed by atoms with E-state index in [4.69, 9.17) is 9.47 Å². The predicted octanol–water partition coefficient (Wildman–Crippen LogP) is 3.29. The summed E-state index contributed by atoms with van der Waals surface area (Å²) in [6.07, 6.45) is 0. The van der Waals surface area contributed by atoms with Gasteiger partial charge < -0.3 is 30.7 Å². The highest BCUT2D eigenvalue weighted by Gasteiger charge is 2.19. The topological polar surface area (TPSA) is 169 Å². The Kier molecular flexibility index (Phi) is 10.2. The number of carbonyl (C=O) groups is 6. The van der Waals surface area contributed by atoms with Crippen LogP contribution in [0, 0.1) is 0 Å². The SMILES string of the molecule is COC(=O)c1cc2cc(c1)C(=O)NCc1ccc(cc1)CNC(=O)c1cc(cc(C(=O)OC)c1)C(=O)NCc1ccc(cc1)CNC2=O. The Hall–Kier alpha value is -6.30. The van der Waals surface area contributed by atoms with Crippen molar-refractivity contribution < 1.29 is 38.2 Å². The molecule has 8 rings (SSSR count). The van der Waals surface area contributed by atoms with Crippen LogP contribution in [0.4, 0.5) is 0 Å². The van der Waals surface area contributed by atoms with Crippen LogP contribution in [0.15, 0.2) is 84.9 Å². The van der Waals surface area contributed by atoms with Gasteiger partial charge in [-0.3, -0.25) is 19.2 Å². The largest absolute Gasteiger partial charge is 0.465 e. The molecule has 48 heavy (non-hydrogen) atoms. The van der Waals surface area contributed by atoms with Crippen LogP contribution >= 0.6 is 0 Å². The molecule has 0 atom stereocenters. The van der Waals surface area contributed by atoms with Crippen molar-refractivity contribution in [2.24, 2.45) is 0 Å². The van der Waals surface area contributed by atoms with Crippen molar-refractivity contribution in [3.8, 4) is 0 Å². The molecule has 0 saturated carbocycles. The van der Waals surface area contributed by atoms with E-state index in [1.165, 1.54) is 50.6 Å². The lowest BCUT2D eigenvalue weighted by atomic mass is 10.0. The van der Waals surface area contributed by atoms with Crippen molar-refractivity contribution >= 4 is 35.6 Å². The normalized spacial score (nSPS) is 13.9. The number of hydrogen-bond donors (Lipinski definition) is 4. The third-order valence-electron chi connectivity index (χ3n) is 7.62. The number of ether oxygens (including phenoxy) is 2. The second-order valence-electron chi connectivity index (χ2n) is 10.9. The molecule has 0 unspecified atom stereocenters. The molecule has 4 aliphatic rings. The molecule has 0 radical (unpaired) electrons. The summed E-state index contributed by atoms with van der Waals surface area (Å²) in [4.78, 5) is 77.1. The van der Waals surface area contributed by atoms with E-state index in [2.05, 4.69) is 21.3 Å². The van der Waals surface area contributed by atoms with Crippen LogP contribution in [0.2, 0.25) is 0 Å². The highest BCUT2D eigenvalue weighted by atomic mass is 16.5. The summed E-state index contributed by atoms with van der Waals surface area (Å²) in [5.74, 6) is -3.38. The second-order valence-corrected chi connectivity index (χ2v) is 10.9. The van der Waals surface area contributed by atoms with Gasteiger partial charge >= 0.3 is 11.9 Å². The molecule has 8 bridgehead atoms. The average Bonchev–Trinajstić information content (AvgIpc) is 3.13. The van der Waals surface area contributed by atoms with Crippen molar-refractivity contribution in [1.82, 2.24) is 21.3 Å². The number of esters is 2. The van der Waals surface area contributed by atoms with Crippen molar-refractivity contribution in [2.75, 3.05) is 14.2 Å². The minimum Gasteiger partial charge on any atom is -0.465 e. The fourth-order valence-electron chi connectivity index (χ4n) is 4.94. The molecule has 4 amide bonds. The maximum absolute atomic E-state index is 13.1. The summed E-state index contributed by atoms with van der Waals surface area (Å²) in [5, 5.41) is 11.2. The van der Waals surface area contributed by atoms with Crippen molar-refractivity contribution in [2.45, 2.75) is 26.2 Å². The smallest absolute Gasteiger partial charge is 0.337 e. The zero-order valence-corrected chi connectivity index (χ0v) is 26.2. The Morgan fingerprint density at radius 3 is 0.875 bits per heavy atom. The maximum atomic E-state index is 13.1. The van der Waals surface area contributed by atoms with Gasteiger partial charge in [-0.05, 0) is 58.7 Å². The Bertz CT molecular complexity index is 1650. The Morgan fingerprint density at radius 1 is 0.438 bits per heavy atom. The zero-order chi connectivity index (χ0) is 34.2. The minimum atomic E-state index is -0.695. The van der Waals surface area contributed by atoms with Gasteiger partial charge in [-0.15, -0.1) is 0 Å². The lowest BCUT2D eigenvalue weighted by molar-refractivity contribution is 0.0591. The van der Waals surface area contributed by atoms with E-state index in [1.54, 1.807) is 48.5 Å². The molecular weight excluding hydrogens is 616 g/mol. The van der Waals surface area contributed by atoms with Crippen LogP contribution in [-0.4, -0.2) is 49.8 Å². The molecule has 244 valence electrons. The fourth-order valence-corrected chi connectivity index (χ4v) is 4.94. The lowest BCUT2D eigenvalue weighted by Gasteiger charge is -2.12. The first-order valence-corrected chi connectivity index (χ1v) is 14.9. The molecule has 0 fully saturated rings. The standard InChI is InChI=1S/C36H32N4O8/c1-47-35(45)29-13-25-11-26(14-29)32(42)38-18-22-5-9-24(10-6-22)20-40-34(44)28-12-27(15-30(16-28)36(46)48-2)33(43)39-19-23-7-3-21(4-8-23)17-37-31(25)41/h3-16H,17-20H2,1-2H3,(H,37,41)(H,38,42)(H,39,43)(H,40,44). The maximum Gasteiger partial charge on any atom is 0.337 e. The highest BCUT2D eigenvalue weighted by molar-refractivity contribution is 6.04. The first kappa shape index (κ1) is 33.1. The van der Waals surface area contributed by atoms with Crippen LogP contribution in [-0.2, 0) is 35.7 Å². The molecule has 4 aromatic rings. The van der Waals surface area contributed by atoms with Gasteiger partial charge in [-0.2, -0.15) is 0 Å². The minimum absolute atomic E-state index is 0.0499. The summed E-state index contributed by atoms with van der Waals surface area (Å²) in [5.41, 5.74) is 3.56. The molecule has 12 nitrogen and oxygen atoms in total. The number of amides is 4. The molecule has 4 aromatic carbocycles. The third-order valence-corrected chi connectivity index (χ3v) is 7.62. The molecule has 0 aliphatic carbocycles. The van der Waals surface area contributed by atoms with Crippen LogP contribution in [0.1, 0.15) is 84.4 Å². The summed E-state index contributed by atoms with van der Waals surface area (Å²) in [7, 11) is 2.42. The van der Waals surface area contributed by atoms with Crippen molar-refractivity contribution in [3.63, 3.8) is 0 Å². The number of carbonyl (C=O) groups excluding carboxylic acids is 6. The average molecular weight is 649 g/mol. The number of methoxy groups -OCH3 is 2. The number of rotatable bonds is 2. The van der Waals surface area contributed by atoms with Crippen LogP contribution in [0.25, 0.3) is 0 Å². The molecular formula is C36H32N4O8. The van der Waals surface area contributed by atoms with E-state index in [0.29, 0.717) is 0 Å². The first-order chi connectivity index (χ1) is 23.1. The molecule has 0 aromatic heterocycles. The van der Waals surface area contributed by atoms with Gasteiger partial charge in [0.1, 0.15) is 0 Å². The molecule has 4 heterocycles. The second kappa shape index (κ2) is 14.9. The summed E-state index contributed by atoms with van der Waals surface area (Å²) in [6, 6.07) is 22.5. The van der Waals surface area contributed by atoms with Gasteiger partial charge in [0.15, 0.2) is 0 Å². The van der Waals surface area contributed by atoms with Gasteiger partial charge in [0.05, 0.1) is 25.3 Å². The summed E-state index contributed by atoms with van der Waals surface area (Å²) < 4.78 is 9.65. The van der Waals surface area contributed by atoms with Gasteiger partial charge in [-0.1, -0.05) is 48.5 Å². The quantitative estimate of drug-likeness (QED) is 0.240. The predicted molar refractivity (Wildman–Crippen MR) is 173 cm³/mol. The number of hydrogen-bond acceptors (Lipinski definition) is 8.